The van der Waals surface area contributed by atoms with E-state index in [0.717, 1.165) is 29.7 Å². The van der Waals surface area contributed by atoms with Gasteiger partial charge < -0.3 is 10.2 Å². The molecule has 2 aromatic carbocycles. The lowest BCUT2D eigenvalue weighted by molar-refractivity contribution is -0.138. The van der Waals surface area contributed by atoms with Gasteiger partial charge in [0.2, 0.25) is 11.8 Å². The molecule has 0 aliphatic carbocycles. The second kappa shape index (κ2) is 12.9. The Morgan fingerprint density at radius 1 is 1.13 bits per heavy atom. The zero-order chi connectivity index (χ0) is 21.9. The summed E-state index contributed by atoms with van der Waals surface area (Å²) in [5.74, 6) is 0.765. The Balaban J connectivity index is 2.08. The van der Waals surface area contributed by atoms with Crippen molar-refractivity contribution >= 4 is 46.8 Å². The average molecular weight is 467 g/mol. The van der Waals surface area contributed by atoms with Crippen LogP contribution in [-0.2, 0) is 21.9 Å². The number of hydrogen-bond donors (Lipinski definition) is 1. The van der Waals surface area contributed by atoms with E-state index in [-0.39, 0.29) is 24.1 Å². The minimum absolute atomic E-state index is 0.0971. The summed E-state index contributed by atoms with van der Waals surface area (Å²) in [5.41, 5.74) is 1.92. The van der Waals surface area contributed by atoms with Crippen LogP contribution in [0.15, 0.2) is 48.5 Å². The van der Waals surface area contributed by atoms with Crippen molar-refractivity contribution in [3.05, 3.63) is 69.7 Å². The Morgan fingerprint density at radius 2 is 1.87 bits per heavy atom. The molecule has 0 aromatic heterocycles. The highest BCUT2D eigenvalue weighted by Crippen LogP contribution is 2.24. The fraction of sp³-hybridized carbons (Fsp3) is 0.391. The Kier molecular flexibility index (Phi) is 10.6. The van der Waals surface area contributed by atoms with Gasteiger partial charge in [0.15, 0.2) is 0 Å². The van der Waals surface area contributed by atoms with E-state index in [2.05, 4.69) is 12.2 Å². The predicted molar refractivity (Wildman–Crippen MR) is 127 cm³/mol. The minimum atomic E-state index is -0.599. The number of unbranched alkanes of at least 4 members (excludes halogenated alkanes) is 1. The lowest BCUT2D eigenvalue weighted by atomic mass is 10.1. The van der Waals surface area contributed by atoms with Gasteiger partial charge in [0, 0.05) is 28.9 Å². The molecule has 2 aromatic rings. The second-order valence-electron chi connectivity index (χ2n) is 7.06. The summed E-state index contributed by atoms with van der Waals surface area (Å²) >= 11 is 13.8. The molecular formula is C23H28Cl2N2O2S. The lowest BCUT2D eigenvalue weighted by Gasteiger charge is -2.29. The number of amides is 2. The van der Waals surface area contributed by atoms with Crippen molar-refractivity contribution < 1.29 is 9.59 Å². The van der Waals surface area contributed by atoms with Gasteiger partial charge in [-0.1, -0.05) is 72.9 Å². The largest absolute Gasteiger partial charge is 0.354 e. The molecule has 0 aliphatic rings. The molecule has 1 N–H and O–H groups in total. The van der Waals surface area contributed by atoms with Gasteiger partial charge in [-0.25, -0.2) is 0 Å². The minimum Gasteiger partial charge on any atom is -0.354 e. The van der Waals surface area contributed by atoms with Gasteiger partial charge in [0.05, 0.1) is 5.75 Å². The van der Waals surface area contributed by atoms with Crippen molar-refractivity contribution in [3.8, 4) is 0 Å². The van der Waals surface area contributed by atoms with Crippen molar-refractivity contribution in [2.75, 3.05) is 12.3 Å². The molecule has 0 saturated carbocycles. The van der Waals surface area contributed by atoms with Gasteiger partial charge in [-0.2, -0.15) is 0 Å². The van der Waals surface area contributed by atoms with E-state index in [9.17, 15) is 9.59 Å². The summed E-state index contributed by atoms with van der Waals surface area (Å²) in [4.78, 5) is 27.3. The molecule has 30 heavy (non-hydrogen) atoms. The molecule has 0 heterocycles. The highest BCUT2D eigenvalue weighted by molar-refractivity contribution is 7.99. The molecule has 1 atom stereocenters. The van der Waals surface area contributed by atoms with Gasteiger partial charge in [-0.3, -0.25) is 9.59 Å². The third-order valence-electron chi connectivity index (χ3n) is 4.69. The van der Waals surface area contributed by atoms with Crippen LogP contribution in [0.2, 0.25) is 10.0 Å². The number of thioether (sulfide) groups is 1. The van der Waals surface area contributed by atoms with Crippen LogP contribution in [0.1, 0.15) is 37.8 Å². The molecule has 2 rings (SSSR count). The lowest BCUT2D eigenvalue weighted by Crippen LogP contribution is -2.48. The van der Waals surface area contributed by atoms with Gasteiger partial charge >= 0.3 is 0 Å². The summed E-state index contributed by atoms with van der Waals surface area (Å²) in [7, 11) is 0. The van der Waals surface area contributed by atoms with E-state index in [1.807, 2.05) is 30.3 Å². The Morgan fingerprint density at radius 3 is 2.53 bits per heavy atom. The fourth-order valence-electron chi connectivity index (χ4n) is 2.87. The summed E-state index contributed by atoms with van der Waals surface area (Å²) < 4.78 is 0. The monoisotopic (exact) mass is 466 g/mol. The van der Waals surface area contributed by atoms with E-state index in [1.165, 1.54) is 11.8 Å². The summed E-state index contributed by atoms with van der Waals surface area (Å²) in [6.07, 6.45) is 1.90. The van der Waals surface area contributed by atoms with Crippen molar-refractivity contribution in [1.82, 2.24) is 10.2 Å². The number of carbonyl (C=O) groups excluding carboxylic acids is 2. The molecular weight excluding hydrogens is 439 g/mol. The molecule has 7 heteroatoms. The zero-order valence-electron chi connectivity index (χ0n) is 17.4. The molecule has 162 valence electrons. The van der Waals surface area contributed by atoms with Crippen LogP contribution in [-0.4, -0.2) is 35.1 Å². The van der Waals surface area contributed by atoms with Crippen molar-refractivity contribution in [1.29, 1.82) is 0 Å². The van der Waals surface area contributed by atoms with Crippen LogP contribution in [0.5, 0.6) is 0 Å². The van der Waals surface area contributed by atoms with Crippen molar-refractivity contribution in [2.45, 2.75) is 45.0 Å². The summed E-state index contributed by atoms with van der Waals surface area (Å²) in [6, 6.07) is 14.6. The molecule has 0 spiro atoms. The molecule has 0 aliphatic heterocycles. The van der Waals surface area contributed by atoms with Crippen LogP contribution in [0.4, 0.5) is 0 Å². The van der Waals surface area contributed by atoms with Crippen LogP contribution in [0, 0.1) is 0 Å². The first-order valence-electron chi connectivity index (χ1n) is 10.0. The molecule has 4 nitrogen and oxygen atoms in total. The SMILES string of the molecule is CCCCNC(=O)[C@@H](C)N(Cc1ccc(Cl)cc1Cl)C(=O)CSCc1ccccc1. The molecule has 0 radical (unpaired) electrons. The second-order valence-corrected chi connectivity index (χ2v) is 8.89. The topological polar surface area (TPSA) is 49.4 Å². The Bertz CT molecular complexity index is 833. The first kappa shape index (κ1) is 24.6. The Hall–Kier alpha value is -1.69. The number of carbonyl (C=O) groups is 2. The third-order valence-corrected chi connectivity index (χ3v) is 6.27. The summed E-state index contributed by atoms with van der Waals surface area (Å²) in [5, 5.41) is 3.93. The quantitative estimate of drug-likeness (QED) is 0.440. The molecule has 0 unspecified atom stereocenters. The normalized spacial score (nSPS) is 11.7. The first-order valence-corrected chi connectivity index (χ1v) is 12.0. The molecule has 0 bridgehead atoms. The van der Waals surface area contributed by atoms with Gasteiger partial charge in [0.1, 0.15) is 6.04 Å². The maximum absolute atomic E-state index is 13.0. The Labute approximate surface area is 193 Å². The molecule has 0 fully saturated rings. The molecule has 0 saturated heterocycles. The van der Waals surface area contributed by atoms with E-state index in [4.69, 9.17) is 23.2 Å². The predicted octanol–water partition coefficient (Wildman–Crippen LogP) is 5.56. The molecule has 2 amide bonds. The number of halogens is 2. The maximum atomic E-state index is 13.0. The van der Waals surface area contributed by atoms with Crippen LogP contribution < -0.4 is 5.32 Å². The number of benzene rings is 2. The van der Waals surface area contributed by atoms with Gasteiger partial charge in [0.25, 0.3) is 0 Å². The zero-order valence-corrected chi connectivity index (χ0v) is 19.7. The van der Waals surface area contributed by atoms with Crippen LogP contribution in [0.25, 0.3) is 0 Å². The maximum Gasteiger partial charge on any atom is 0.242 e. The van der Waals surface area contributed by atoms with Gasteiger partial charge in [-0.15, -0.1) is 11.8 Å². The van der Waals surface area contributed by atoms with Crippen LogP contribution in [0.3, 0.4) is 0 Å². The summed E-state index contributed by atoms with van der Waals surface area (Å²) in [6.45, 7) is 4.68. The average Bonchev–Trinajstić information content (AvgIpc) is 2.73. The highest BCUT2D eigenvalue weighted by atomic mass is 35.5. The fourth-order valence-corrected chi connectivity index (χ4v) is 4.20. The van der Waals surface area contributed by atoms with Crippen molar-refractivity contribution in [3.63, 3.8) is 0 Å². The van der Waals surface area contributed by atoms with E-state index < -0.39 is 6.04 Å². The van der Waals surface area contributed by atoms with E-state index in [0.29, 0.717) is 16.6 Å². The highest BCUT2D eigenvalue weighted by Gasteiger charge is 2.26. The van der Waals surface area contributed by atoms with Gasteiger partial charge in [-0.05, 0) is 36.6 Å². The standard InChI is InChI=1S/C23H28Cl2N2O2S/c1-3-4-12-26-23(29)17(2)27(14-19-10-11-20(24)13-21(19)25)22(28)16-30-15-18-8-6-5-7-9-18/h5-11,13,17H,3-4,12,14-16H2,1-2H3,(H,26,29)/t17-/m1/s1. The number of nitrogens with zero attached hydrogens (tertiary/aromatic N) is 1. The van der Waals surface area contributed by atoms with Crippen LogP contribution >= 0.6 is 35.0 Å². The third kappa shape index (κ3) is 7.86. The number of hydrogen-bond acceptors (Lipinski definition) is 3. The number of rotatable bonds is 11. The van der Waals surface area contributed by atoms with E-state index in [1.54, 1.807) is 30.0 Å². The van der Waals surface area contributed by atoms with E-state index >= 15 is 0 Å². The van der Waals surface area contributed by atoms with Crippen molar-refractivity contribution in [2.24, 2.45) is 0 Å². The number of nitrogens with one attached hydrogen (secondary N) is 1. The smallest absolute Gasteiger partial charge is 0.242 e. The first-order chi connectivity index (χ1) is 14.4.